The molecule has 9 nitrogen and oxygen atoms in total. The molecule has 0 aliphatic carbocycles. The molecule has 1 aromatic carbocycles. The Morgan fingerprint density at radius 1 is 0.897 bits per heavy atom. The highest BCUT2D eigenvalue weighted by molar-refractivity contribution is 6.11. The largest absolute Gasteiger partial charge is 0.469 e. The highest BCUT2D eigenvalue weighted by Crippen LogP contribution is 2.45. The van der Waals surface area contributed by atoms with Gasteiger partial charge in [-0.25, -0.2) is 9.59 Å². The average molecular weight is 407 g/mol. The van der Waals surface area contributed by atoms with Gasteiger partial charge in [0.25, 0.3) is 0 Å². The minimum atomic E-state index is -2.27. The quantitative estimate of drug-likeness (QED) is 0.397. The maximum atomic E-state index is 13.0. The first-order valence-corrected chi connectivity index (χ1v) is 9.21. The van der Waals surface area contributed by atoms with Crippen LogP contribution in [0.25, 0.3) is 0 Å². The van der Waals surface area contributed by atoms with Crippen LogP contribution >= 0.6 is 0 Å². The summed E-state index contributed by atoms with van der Waals surface area (Å²) in [5, 5.41) is 2.87. The molecule has 0 bridgehead atoms. The fourth-order valence-electron chi connectivity index (χ4n) is 3.64. The molecular weight excluding hydrogens is 382 g/mol. The third kappa shape index (κ3) is 3.95. The van der Waals surface area contributed by atoms with Crippen molar-refractivity contribution < 1.29 is 38.1 Å². The van der Waals surface area contributed by atoms with E-state index in [4.69, 9.17) is 18.9 Å². The predicted molar refractivity (Wildman–Crippen MR) is 99.3 cm³/mol. The molecule has 1 saturated heterocycles. The summed E-state index contributed by atoms with van der Waals surface area (Å²) in [6.45, 7) is 3.03. The molecule has 0 unspecified atom stereocenters. The van der Waals surface area contributed by atoms with Crippen LogP contribution in [-0.2, 0) is 38.1 Å². The highest BCUT2D eigenvalue weighted by atomic mass is 16.6. The number of methoxy groups -OCH3 is 2. The van der Waals surface area contributed by atoms with Gasteiger partial charge in [0.05, 0.1) is 33.4 Å². The van der Waals surface area contributed by atoms with E-state index in [0.29, 0.717) is 5.56 Å². The summed E-state index contributed by atoms with van der Waals surface area (Å²) in [6, 6.07) is 7.73. The number of carbonyl (C=O) groups excluding carboxylic acids is 4. The molecule has 0 spiro atoms. The smallest absolute Gasteiger partial charge is 0.339 e. The summed E-state index contributed by atoms with van der Waals surface area (Å²) >= 11 is 0. The van der Waals surface area contributed by atoms with Crippen molar-refractivity contribution in [2.75, 3.05) is 27.4 Å². The van der Waals surface area contributed by atoms with E-state index in [0.717, 1.165) is 14.2 Å². The van der Waals surface area contributed by atoms with E-state index in [1.807, 2.05) is 0 Å². The second kappa shape index (κ2) is 9.51. The SMILES string of the molecule is CCOC(=O)C1(C(=O)OCC)N[C@H](c2ccccc2)[C@H](C(=O)OC)[C@@H]1C(=O)OC. The number of rotatable bonds is 7. The van der Waals surface area contributed by atoms with Gasteiger partial charge in [-0.15, -0.1) is 0 Å². The Hall–Kier alpha value is -2.94. The van der Waals surface area contributed by atoms with Gasteiger partial charge >= 0.3 is 23.9 Å². The number of esters is 4. The summed E-state index contributed by atoms with van der Waals surface area (Å²) in [5.41, 5.74) is -1.69. The Bertz CT molecular complexity index is 745. The zero-order valence-corrected chi connectivity index (χ0v) is 16.8. The molecule has 1 heterocycles. The molecule has 158 valence electrons. The van der Waals surface area contributed by atoms with Gasteiger partial charge in [0, 0.05) is 6.04 Å². The van der Waals surface area contributed by atoms with E-state index in [-0.39, 0.29) is 13.2 Å². The standard InChI is InChI=1S/C20H25NO8/c1-5-28-18(24)20(19(25)29-6-2)14(17(23)27-4)13(16(22)26-3)15(21-20)12-10-8-7-9-11-12/h7-11,13-15,21H,5-6H2,1-4H3/t13-,14-,15-/m1/s1. The van der Waals surface area contributed by atoms with Crippen molar-refractivity contribution >= 4 is 23.9 Å². The van der Waals surface area contributed by atoms with Crippen LogP contribution in [0.2, 0.25) is 0 Å². The van der Waals surface area contributed by atoms with Crippen LogP contribution in [-0.4, -0.2) is 56.8 Å². The zero-order chi connectivity index (χ0) is 21.6. The molecular formula is C20H25NO8. The van der Waals surface area contributed by atoms with Gasteiger partial charge in [0.1, 0.15) is 5.92 Å². The Kier molecular flexibility index (Phi) is 7.33. The number of carbonyl (C=O) groups is 4. The summed E-state index contributed by atoms with van der Waals surface area (Å²) in [4.78, 5) is 51.5. The molecule has 1 aliphatic heterocycles. The summed E-state index contributed by atoms with van der Waals surface area (Å²) < 4.78 is 20.0. The van der Waals surface area contributed by atoms with Gasteiger partial charge in [-0.1, -0.05) is 30.3 Å². The van der Waals surface area contributed by atoms with Crippen molar-refractivity contribution in [3.63, 3.8) is 0 Å². The number of benzene rings is 1. The van der Waals surface area contributed by atoms with Crippen molar-refractivity contribution in [2.45, 2.75) is 25.4 Å². The predicted octanol–water partition coefficient (Wildman–Crippen LogP) is 0.774. The Balaban J connectivity index is 2.74. The van der Waals surface area contributed by atoms with Crippen LogP contribution in [0.5, 0.6) is 0 Å². The van der Waals surface area contributed by atoms with E-state index in [1.54, 1.807) is 44.2 Å². The van der Waals surface area contributed by atoms with E-state index < -0.39 is 47.3 Å². The van der Waals surface area contributed by atoms with Crippen LogP contribution < -0.4 is 5.32 Å². The number of ether oxygens (including phenoxy) is 4. The third-order valence-electron chi connectivity index (χ3n) is 4.85. The molecule has 0 radical (unpaired) electrons. The van der Waals surface area contributed by atoms with Crippen LogP contribution in [0.3, 0.4) is 0 Å². The molecule has 2 rings (SSSR count). The summed E-state index contributed by atoms with van der Waals surface area (Å²) in [6.07, 6.45) is 0. The molecule has 9 heteroatoms. The van der Waals surface area contributed by atoms with E-state index in [1.165, 1.54) is 0 Å². The molecule has 1 N–H and O–H groups in total. The van der Waals surface area contributed by atoms with E-state index in [9.17, 15) is 19.2 Å². The summed E-state index contributed by atoms with van der Waals surface area (Å²) in [7, 11) is 2.26. The molecule has 1 aliphatic rings. The first-order valence-electron chi connectivity index (χ1n) is 9.21. The minimum Gasteiger partial charge on any atom is -0.469 e. The number of hydrogen-bond acceptors (Lipinski definition) is 9. The first kappa shape index (κ1) is 22.4. The van der Waals surface area contributed by atoms with Crippen LogP contribution in [0, 0.1) is 11.8 Å². The Morgan fingerprint density at radius 2 is 1.41 bits per heavy atom. The molecule has 29 heavy (non-hydrogen) atoms. The van der Waals surface area contributed by atoms with Gasteiger partial charge in [-0.3, -0.25) is 14.9 Å². The monoisotopic (exact) mass is 407 g/mol. The average Bonchev–Trinajstić information content (AvgIpc) is 3.11. The van der Waals surface area contributed by atoms with Crippen LogP contribution in [0.1, 0.15) is 25.5 Å². The first-order chi connectivity index (χ1) is 13.9. The lowest BCUT2D eigenvalue weighted by molar-refractivity contribution is -0.175. The van der Waals surface area contributed by atoms with Gasteiger partial charge in [0.15, 0.2) is 0 Å². The van der Waals surface area contributed by atoms with Crippen molar-refractivity contribution in [1.82, 2.24) is 5.32 Å². The maximum absolute atomic E-state index is 13.0. The van der Waals surface area contributed by atoms with E-state index in [2.05, 4.69) is 5.32 Å². The molecule has 0 aromatic heterocycles. The number of hydrogen-bond donors (Lipinski definition) is 1. The number of nitrogens with one attached hydrogen (secondary N) is 1. The molecule has 0 amide bonds. The molecule has 3 atom stereocenters. The normalized spacial score (nSPS) is 22.4. The van der Waals surface area contributed by atoms with Crippen molar-refractivity contribution in [2.24, 2.45) is 11.8 Å². The highest BCUT2D eigenvalue weighted by Gasteiger charge is 2.69. The van der Waals surface area contributed by atoms with Gasteiger partial charge in [-0.05, 0) is 19.4 Å². The topological polar surface area (TPSA) is 117 Å². The van der Waals surface area contributed by atoms with Gasteiger partial charge in [-0.2, -0.15) is 0 Å². The fourth-order valence-corrected chi connectivity index (χ4v) is 3.64. The molecule has 1 aromatic rings. The second-order valence-electron chi connectivity index (χ2n) is 6.33. The Morgan fingerprint density at radius 3 is 1.86 bits per heavy atom. The summed E-state index contributed by atoms with van der Waals surface area (Å²) in [5.74, 6) is -6.56. The van der Waals surface area contributed by atoms with E-state index >= 15 is 0 Å². The van der Waals surface area contributed by atoms with Crippen molar-refractivity contribution in [3.8, 4) is 0 Å². The van der Waals surface area contributed by atoms with Crippen molar-refractivity contribution in [1.29, 1.82) is 0 Å². The van der Waals surface area contributed by atoms with Gasteiger partial charge in [0.2, 0.25) is 5.54 Å². The molecule has 1 fully saturated rings. The van der Waals surface area contributed by atoms with Crippen LogP contribution in [0.4, 0.5) is 0 Å². The maximum Gasteiger partial charge on any atom is 0.339 e. The zero-order valence-electron chi connectivity index (χ0n) is 16.8. The van der Waals surface area contributed by atoms with Gasteiger partial charge < -0.3 is 18.9 Å². The molecule has 0 saturated carbocycles. The Labute approximate surface area is 168 Å². The second-order valence-corrected chi connectivity index (χ2v) is 6.33. The lowest BCUT2D eigenvalue weighted by Gasteiger charge is -2.30. The lowest BCUT2D eigenvalue weighted by atomic mass is 9.77. The third-order valence-corrected chi connectivity index (χ3v) is 4.85. The fraction of sp³-hybridized carbons (Fsp3) is 0.500. The lowest BCUT2D eigenvalue weighted by Crippen LogP contribution is -2.62. The van der Waals surface area contributed by atoms with Crippen LogP contribution in [0.15, 0.2) is 30.3 Å². The van der Waals surface area contributed by atoms with Crippen molar-refractivity contribution in [3.05, 3.63) is 35.9 Å². The minimum absolute atomic E-state index is 0.0472.